The number of thiazole rings is 1. The standard InChI is InChI=1S/C25H17N3O5S2/c29-23(18-11-5-6-12-20(18)28-35(31,32)17-9-2-1-3-10-17)27-25-26-21(15-34-25)19-14-16-8-4-7-13-22(16)33-24(19)30/h1-15,28H,(H,26,27,29). The number of para-hydroxylation sites is 2. The molecular weight excluding hydrogens is 486 g/mol. The second-order valence-corrected chi connectivity index (χ2v) is 9.98. The highest BCUT2D eigenvalue weighted by Crippen LogP contribution is 2.27. The molecule has 0 fully saturated rings. The molecule has 1 amide bonds. The van der Waals surface area contributed by atoms with Crippen molar-refractivity contribution in [3.8, 4) is 11.3 Å². The summed E-state index contributed by atoms with van der Waals surface area (Å²) in [6, 6.07) is 23.0. The van der Waals surface area contributed by atoms with Gasteiger partial charge >= 0.3 is 5.63 Å². The number of hydrogen-bond donors (Lipinski definition) is 2. The number of benzene rings is 3. The van der Waals surface area contributed by atoms with Crippen LogP contribution in [0.3, 0.4) is 0 Å². The highest BCUT2D eigenvalue weighted by molar-refractivity contribution is 7.92. The topological polar surface area (TPSA) is 118 Å². The molecule has 5 rings (SSSR count). The largest absolute Gasteiger partial charge is 0.422 e. The first-order valence-electron chi connectivity index (χ1n) is 10.4. The van der Waals surface area contributed by atoms with Crippen LogP contribution in [0, 0.1) is 0 Å². The normalized spacial score (nSPS) is 11.3. The Balaban J connectivity index is 1.39. The first kappa shape index (κ1) is 22.5. The quantitative estimate of drug-likeness (QED) is 0.316. The molecule has 35 heavy (non-hydrogen) atoms. The fourth-order valence-corrected chi connectivity index (χ4v) is 5.24. The lowest BCUT2D eigenvalue weighted by Gasteiger charge is -2.12. The van der Waals surface area contributed by atoms with E-state index in [2.05, 4.69) is 15.0 Å². The summed E-state index contributed by atoms with van der Waals surface area (Å²) in [6.45, 7) is 0. The first-order chi connectivity index (χ1) is 16.9. The molecule has 0 atom stereocenters. The number of fused-ring (bicyclic) bond motifs is 1. The summed E-state index contributed by atoms with van der Waals surface area (Å²) < 4.78 is 33.3. The minimum absolute atomic E-state index is 0.0778. The fraction of sp³-hybridized carbons (Fsp3) is 0. The van der Waals surface area contributed by atoms with E-state index in [9.17, 15) is 18.0 Å². The minimum atomic E-state index is -3.89. The maximum atomic E-state index is 13.0. The third-order valence-electron chi connectivity index (χ3n) is 5.11. The van der Waals surface area contributed by atoms with Gasteiger partial charge in [0.25, 0.3) is 15.9 Å². The van der Waals surface area contributed by atoms with Crippen LogP contribution in [-0.4, -0.2) is 19.3 Å². The maximum absolute atomic E-state index is 13.0. The van der Waals surface area contributed by atoms with Gasteiger partial charge in [-0.2, -0.15) is 0 Å². The Bertz CT molecular complexity index is 1710. The van der Waals surface area contributed by atoms with Crippen LogP contribution < -0.4 is 15.7 Å². The lowest BCUT2D eigenvalue weighted by molar-refractivity contribution is 0.102. The molecule has 2 aromatic heterocycles. The van der Waals surface area contributed by atoms with Crippen molar-refractivity contribution in [2.45, 2.75) is 4.90 Å². The van der Waals surface area contributed by atoms with Crippen molar-refractivity contribution in [2.75, 3.05) is 10.0 Å². The molecular formula is C25H17N3O5S2. The summed E-state index contributed by atoms with van der Waals surface area (Å²) in [6.07, 6.45) is 0. The van der Waals surface area contributed by atoms with E-state index < -0.39 is 21.6 Å². The smallest absolute Gasteiger partial charge is 0.345 e. The number of nitrogens with zero attached hydrogens (tertiary/aromatic N) is 1. The first-order valence-corrected chi connectivity index (χ1v) is 12.7. The SMILES string of the molecule is O=C(Nc1nc(-c2cc3ccccc3oc2=O)cs1)c1ccccc1NS(=O)(=O)c1ccccc1. The molecule has 0 radical (unpaired) electrons. The molecule has 8 nitrogen and oxygen atoms in total. The second kappa shape index (κ2) is 9.16. The van der Waals surface area contributed by atoms with Crippen LogP contribution in [0.1, 0.15) is 10.4 Å². The number of carbonyl (C=O) groups is 1. The van der Waals surface area contributed by atoms with Crippen molar-refractivity contribution in [2.24, 2.45) is 0 Å². The number of rotatable bonds is 6. The van der Waals surface area contributed by atoms with E-state index in [0.29, 0.717) is 11.3 Å². The van der Waals surface area contributed by atoms with E-state index >= 15 is 0 Å². The molecule has 2 N–H and O–H groups in total. The van der Waals surface area contributed by atoms with Gasteiger partial charge in [-0.05, 0) is 36.4 Å². The van der Waals surface area contributed by atoms with Crippen LogP contribution in [0.5, 0.6) is 0 Å². The fourth-order valence-electron chi connectivity index (χ4n) is 3.43. The summed E-state index contributed by atoms with van der Waals surface area (Å²) in [4.78, 5) is 29.8. The highest BCUT2D eigenvalue weighted by atomic mass is 32.2. The third kappa shape index (κ3) is 4.70. The van der Waals surface area contributed by atoms with Crippen LogP contribution in [0.25, 0.3) is 22.2 Å². The summed E-state index contributed by atoms with van der Waals surface area (Å²) in [7, 11) is -3.89. The minimum Gasteiger partial charge on any atom is -0.422 e. The van der Waals surface area contributed by atoms with Gasteiger partial charge in [-0.25, -0.2) is 18.2 Å². The molecule has 2 heterocycles. The summed E-state index contributed by atoms with van der Waals surface area (Å²) in [5.74, 6) is -0.553. The molecule has 174 valence electrons. The summed E-state index contributed by atoms with van der Waals surface area (Å²) in [5.41, 5.74) is 0.821. The zero-order valence-electron chi connectivity index (χ0n) is 18.0. The van der Waals surface area contributed by atoms with Crippen molar-refractivity contribution in [3.63, 3.8) is 0 Å². The molecule has 0 bridgehead atoms. The van der Waals surface area contributed by atoms with Gasteiger partial charge < -0.3 is 4.42 Å². The molecule has 0 unspecified atom stereocenters. The van der Waals surface area contributed by atoms with Gasteiger partial charge in [0, 0.05) is 10.8 Å². The average Bonchev–Trinajstić information content (AvgIpc) is 3.32. The molecule has 0 aliphatic heterocycles. The summed E-state index contributed by atoms with van der Waals surface area (Å²) >= 11 is 1.14. The number of amides is 1. The number of carbonyl (C=O) groups excluding carboxylic acids is 1. The van der Waals surface area contributed by atoms with Crippen molar-refractivity contribution in [1.29, 1.82) is 0 Å². The number of anilines is 2. The summed E-state index contributed by atoms with van der Waals surface area (Å²) in [5, 5.41) is 5.31. The Hall–Kier alpha value is -4.28. The Kier molecular flexibility index (Phi) is 5.89. The Morgan fingerprint density at radius 1 is 0.914 bits per heavy atom. The van der Waals surface area contributed by atoms with E-state index in [0.717, 1.165) is 16.7 Å². The number of nitrogens with one attached hydrogen (secondary N) is 2. The number of hydrogen-bond acceptors (Lipinski definition) is 7. The van der Waals surface area contributed by atoms with Gasteiger partial charge in [-0.1, -0.05) is 48.5 Å². The average molecular weight is 504 g/mol. The van der Waals surface area contributed by atoms with Gasteiger partial charge in [-0.15, -0.1) is 11.3 Å². The Morgan fingerprint density at radius 3 is 2.46 bits per heavy atom. The molecule has 0 saturated heterocycles. The van der Waals surface area contributed by atoms with E-state index in [4.69, 9.17) is 4.42 Å². The lowest BCUT2D eigenvalue weighted by atomic mass is 10.1. The third-order valence-corrected chi connectivity index (χ3v) is 7.25. The van der Waals surface area contributed by atoms with Crippen molar-refractivity contribution >= 4 is 49.1 Å². The second-order valence-electron chi connectivity index (χ2n) is 7.44. The predicted molar refractivity (Wildman–Crippen MR) is 135 cm³/mol. The Labute approximate surface area is 203 Å². The molecule has 0 saturated carbocycles. The maximum Gasteiger partial charge on any atom is 0.345 e. The van der Waals surface area contributed by atoms with E-state index in [1.165, 1.54) is 24.3 Å². The van der Waals surface area contributed by atoms with Crippen molar-refractivity contribution in [1.82, 2.24) is 4.98 Å². The molecule has 0 aliphatic rings. The zero-order chi connectivity index (χ0) is 24.4. The molecule has 0 spiro atoms. The van der Waals surface area contributed by atoms with Gasteiger partial charge in [0.05, 0.1) is 27.4 Å². The van der Waals surface area contributed by atoms with Crippen molar-refractivity contribution in [3.05, 3.63) is 106 Å². The van der Waals surface area contributed by atoms with Crippen LogP contribution >= 0.6 is 11.3 Å². The van der Waals surface area contributed by atoms with Crippen LogP contribution in [0.2, 0.25) is 0 Å². The van der Waals surface area contributed by atoms with E-state index in [-0.39, 0.29) is 26.8 Å². The van der Waals surface area contributed by atoms with Gasteiger partial charge in [0.2, 0.25) is 0 Å². The van der Waals surface area contributed by atoms with Crippen LogP contribution in [-0.2, 0) is 10.0 Å². The van der Waals surface area contributed by atoms with Crippen molar-refractivity contribution < 1.29 is 17.6 Å². The van der Waals surface area contributed by atoms with Gasteiger partial charge in [0.15, 0.2) is 5.13 Å². The molecule has 5 aromatic rings. The van der Waals surface area contributed by atoms with Crippen LogP contribution in [0.15, 0.2) is 104 Å². The van der Waals surface area contributed by atoms with E-state index in [1.54, 1.807) is 53.9 Å². The van der Waals surface area contributed by atoms with Gasteiger partial charge in [-0.3, -0.25) is 14.8 Å². The Morgan fingerprint density at radius 2 is 1.63 bits per heavy atom. The highest BCUT2D eigenvalue weighted by Gasteiger charge is 2.19. The lowest BCUT2D eigenvalue weighted by Crippen LogP contribution is -2.18. The van der Waals surface area contributed by atoms with Crippen LogP contribution in [0.4, 0.5) is 10.8 Å². The molecule has 0 aliphatic carbocycles. The van der Waals surface area contributed by atoms with Gasteiger partial charge in [0.1, 0.15) is 5.58 Å². The van der Waals surface area contributed by atoms with E-state index in [1.807, 2.05) is 12.1 Å². The number of aromatic nitrogens is 1. The monoisotopic (exact) mass is 503 g/mol. The predicted octanol–water partition coefficient (Wildman–Crippen LogP) is 4.97. The number of sulfonamides is 1. The molecule has 10 heteroatoms. The molecule has 3 aromatic carbocycles. The zero-order valence-corrected chi connectivity index (χ0v) is 19.6.